The number of hydrogen-bond donors (Lipinski definition) is 3. The van der Waals surface area contributed by atoms with E-state index in [-0.39, 0.29) is 18.0 Å². The van der Waals surface area contributed by atoms with Crippen LogP contribution in [-0.4, -0.2) is 28.0 Å². The lowest BCUT2D eigenvalue weighted by Gasteiger charge is -2.30. The van der Waals surface area contributed by atoms with Crippen LogP contribution >= 0.6 is 0 Å². The molecule has 5 nitrogen and oxygen atoms in total. The molecule has 1 aromatic heterocycles. The molecule has 1 unspecified atom stereocenters. The third-order valence-corrected chi connectivity index (χ3v) is 4.77. The van der Waals surface area contributed by atoms with Gasteiger partial charge >= 0.3 is 0 Å². The predicted molar refractivity (Wildman–Crippen MR) is 77.1 cm³/mol. The molecule has 3 rings (SSSR count). The van der Waals surface area contributed by atoms with Crippen molar-refractivity contribution in [3.63, 3.8) is 0 Å². The molecule has 2 aliphatic rings. The summed E-state index contributed by atoms with van der Waals surface area (Å²) in [6.07, 6.45) is 8.86. The van der Waals surface area contributed by atoms with Crippen LogP contribution in [0.3, 0.4) is 0 Å². The van der Waals surface area contributed by atoms with E-state index in [0.29, 0.717) is 18.9 Å². The Morgan fingerprint density at radius 1 is 1.40 bits per heavy atom. The second-order valence-corrected chi connectivity index (χ2v) is 6.16. The van der Waals surface area contributed by atoms with E-state index in [1.54, 1.807) is 6.33 Å². The minimum atomic E-state index is -0.142. The molecule has 0 bridgehead atoms. The molecular weight excluding hydrogens is 252 g/mol. The number of nitrogens with one attached hydrogen (secondary N) is 3. The van der Waals surface area contributed by atoms with Crippen molar-refractivity contribution in [2.45, 2.75) is 64.1 Å². The van der Waals surface area contributed by atoms with Gasteiger partial charge in [-0.1, -0.05) is 19.3 Å². The summed E-state index contributed by atoms with van der Waals surface area (Å²) in [5.74, 6) is 0.772. The van der Waals surface area contributed by atoms with Gasteiger partial charge in [-0.05, 0) is 25.7 Å². The van der Waals surface area contributed by atoms with Crippen LogP contribution < -0.4 is 10.6 Å². The fourth-order valence-corrected chi connectivity index (χ4v) is 3.43. The van der Waals surface area contributed by atoms with Crippen LogP contribution in [0.4, 0.5) is 0 Å². The summed E-state index contributed by atoms with van der Waals surface area (Å²) in [6, 6.07) is 0.141. The molecule has 1 aliphatic heterocycles. The zero-order chi connectivity index (χ0) is 13.9. The highest BCUT2D eigenvalue weighted by atomic mass is 16.2. The molecule has 5 heteroatoms. The minimum Gasteiger partial charge on any atom is -0.352 e. The first-order chi connectivity index (χ1) is 9.74. The van der Waals surface area contributed by atoms with E-state index in [2.05, 4.69) is 27.5 Å². The van der Waals surface area contributed by atoms with Crippen LogP contribution in [0.25, 0.3) is 0 Å². The fraction of sp³-hybridized carbons (Fsp3) is 0.733. The van der Waals surface area contributed by atoms with Crippen LogP contribution in [0.5, 0.6) is 0 Å². The van der Waals surface area contributed by atoms with Gasteiger partial charge in [-0.25, -0.2) is 4.98 Å². The van der Waals surface area contributed by atoms with Crippen molar-refractivity contribution in [2.24, 2.45) is 5.92 Å². The first-order valence-electron chi connectivity index (χ1n) is 7.79. The molecule has 20 heavy (non-hydrogen) atoms. The normalized spacial score (nSPS) is 24.9. The van der Waals surface area contributed by atoms with Crippen LogP contribution in [-0.2, 0) is 17.8 Å². The van der Waals surface area contributed by atoms with Gasteiger partial charge in [0, 0.05) is 19.0 Å². The van der Waals surface area contributed by atoms with Crippen molar-refractivity contribution in [2.75, 3.05) is 0 Å². The first-order valence-corrected chi connectivity index (χ1v) is 7.79. The molecule has 1 aliphatic carbocycles. The number of fused-ring (bicyclic) bond motifs is 1. The van der Waals surface area contributed by atoms with Crippen molar-refractivity contribution in [3.8, 4) is 0 Å². The van der Waals surface area contributed by atoms with Gasteiger partial charge in [0.1, 0.15) is 0 Å². The summed E-state index contributed by atoms with van der Waals surface area (Å²) in [7, 11) is 0. The number of imidazole rings is 1. The lowest BCUT2D eigenvalue weighted by Crippen LogP contribution is -2.51. The summed E-state index contributed by atoms with van der Waals surface area (Å²) in [4.78, 5) is 19.8. The lowest BCUT2D eigenvalue weighted by atomic mass is 9.84. The maximum atomic E-state index is 12.4. The van der Waals surface area contributed by atoms with Gasteiger partial charge in [0.15, 0.2) is 0 Å². The zero-order valence-electron chi connectivity index (χ0n) is 12.1. The molecule has 2 heterocycles. The highest BCUT2D eigenvalue weighted by Gasteiger charge is 2.28. The summed E-state index contributed by atoms with van der Waals surface area (Å²) in [6.45, 7) is 2.85. The number of H-pyrrole nitrogens is 1. The van der Waals surface area contributed by atoms with Crippen LogP contribution in [0.2, 0.25) is 0 Å². The standard InChI is InChI=1S/C15H24N4O/c1-10(11-5-3-2-4-6-11)19-15(20)13-7-12-14(8-16-13)18-9-17-12/h9-11,13,16H,2-8H2,1H3,(H,17,18)(H,19,20)/t10-,13?/m0/s1. The average Bonchev–Trinajstić information content (AvgIpc) is 2.95. The Balaban J connectivity index is 1.54. The van der Waals surface area contributed by atoms with Crippen molar-refractivity contribution >= 4 is 5.91 Å². The molecule has 1 aromatic rings. The van der Waals surface area contributed by atoms with Gasteiger partial charge in [0.2, 0.25) is 5.91 Å². The molecule has 0 aromatic carbocycles. The Bertz CT molecular complexity index is 464. The van der Waals surface area contributed by atoms with Crippen LogP contribution in [0, 0.1) is 5.92 Å². The Kier molecular flexibility index (Phi) is 4.05. The molecule has 2 atom stereocenters. The number of carbonyl (C=O) groups is 1. The predicted octanol–water partition coefficient (Wildman–Crippen LogP) is 1.51. The van der Waals surface area contributed by atoms with E-state index >= 15 is 0 Å². The number of carbonyl (C=O) groups excluding carboxylic acids is 1. The fourth-order valence-electron chi connectivity index (χ4n) is 3.43. The molecule has 3 N–H and O–H groups in total. The number of aromatic amines is 1. The molecule has 1 amide bonds. The van der Waals surface area contributed by atoms with Crippen LogP contribution in [0.1, 0.15) is 50.4 Å². The topological polar surface area (TPSA) is 69.8 Å². The largest absolute Gasteiger partial charge is 0.352 e. The van der Waals surface area contributed by atoms with Gasteiger partial charge in [-0.3, -0.25) is 10.1 Å². The Labute approximate surface area is 119 Å². The highest BCUT2D eigenvalue weighted by Crippen LogP contribution is 2.26. The Morgan fingerprint density at radius 2 is 2.20 bits per heavy atom. The molecule has 0 saturated heterocycles. The summed E-state index contributed by atoms with van der Waals surface area (Å²) in [5, 5.41) is 6.49. The molecule has 0 radical (unpaired) electrons. The lowest BCUT2D eigenvalue weighted by molar-refractivity contribution is -0.124. The molecule has 1 saturated carbocycles. The SMILES string of the molecule is C[C@H](NC(=O)C1Cc2nc[nH]c2CN1)C1CCCCC1. The van der Waals surface area contributed by atoms with Crippen molar-refractivity contribution in [1.29, 1.82) is 0 Å². The number of aromatic nitrogens is 2. The number of amides is 1. The second-order valence-electron chi connectivity index (χ2n) is 6.16. The smallest absolute Gasteiger partial charge is 0.237 e. The molecule has 110 valence electrons. The monoisotopic (exact) mass is 276 g/mol. The second kappa shape index (κ2) is 5.95. The van der Waals surface area contributed by atoms with E-state index in [0.717, 1.165) is 11.4 Å². The minimum absolute atomic E-state index is 0.122. The van der Waals surface area contributed by atoms with Gasteiger partial charge < -0.3 is 10.3 Å². The number of hydrogen-bond acceptors (Lipinski definition) is 3. The number of nitrogens with zero attached hydrogens (tertiary/aromatic N) is 1. The quantitative estimate of drug-likeness (QED) is 0.784. The van der Waals surface area contributed by atoms with Gasteiger partial charge in [0.25, 0.3) is 0 Å². The van der Waals surface area contributed by atoms with E-state index in [1.165, 1.54) is 32.1 Å². The van der Waals surface area contributed by atoms with E-state index in [9.17, 15) is 4.79 Å². The Morgan fingerprint density at radius 3 is 3.00 bits per heavy atom. The summed E-state index contributed by atoms with van der Waals surface area (Å²) in [5.41, 5.74) is 2.13. The third-order valence-electron chi connectivity index (χ3n) is 4.77. The van der Waals surface area contributed by atoms with E-state index < -0.39 is 0 Å². The average molecular weight is 276 g/mol. The van der Waals surface area contributed by atoms with E-state index in [1.807, 2.05) is 0 Å². The third kappa shape index (κ3) is 2.87. The van der Waals surface area contributed by atoms with Gasteiger partial charge in [0.05, 0.1) is 23.8 Å². The maximum absolute atomic E-state index is 12.4. The van der Waals surface area contributed by atoms with Crippen LogP contribution in [0.15, 0.2) is 6.33 Å². The summed E-state index contributed by atoms with van der Waals surface area (Å²) < 4.78 is 0. The van der Waals surface area contributed by atoms with Gasteiger partial charge in [-0.2, -0.15) is 0 Å². The number of rotatable bonds is 3. The van der Waals surface area contributed by atoms with Crippen molar-refractivity contribution in [1.82, 2.24) is 20.6 Å². The zero-order valence-corrected chi connectivity index (χ0v) is 12.1. The van der Waals surface area contributed by atoms with Gasteiger partial charge in [-0.15, -0.1) is 0 Å². The maximum Gasteiger partial charge on any atom is 0.237 e. The van der Waals surface area contributed by atoms with Crippen molar-refractivity contribution in [3.05, 3.63) is 17.7 Å². The van der Waals surface area contributed by atoms with E-state index in [4.69, 9.17) is 0 Å². The first kappa shape index (κ1) is 13.6. The summed E-state index contributed by atoms with van der Waals surface area (Å²) >= 11 is 0. The molecule has 1 fully saturated rings. The molecule has 0 spiro atoms. The van der Waals surface area contributed by atoms with Crippen molar-refractivity contribution < 1.29 is 4.79 Å². The molecular formula is C15H24N4O. The Hall–Kier alpha value is -1.36. The highest BCUT2D eigenvalue weighted by molar-refractivity contribution is 5.82.